The van der Waals surface area contributed by atoms with Gasteiger partial charge >= 0.3 is 0 Å². The smallest absolute Gasteiger partial charge is 0.129 e. The monoisotopic (exact) mass is 344 g/mol. The molecular formula is C22H24N4. The zero-order chi connectivity index (χ0) is 17.7. The van der Waals surface area contributed by atoms with Gasteiger partial charge in [-0.2, -0.15) is 0 Å². The van der Waals surface area contributed by atoms with E-state index >= 15 is 0 Å². The highest BCUT2D eigenvalue weighted by Gasteiger charge is 2.44. The maximum absolute atomic E-state index is 4.98. The molecule has 3 aromatic rings. The van der Waals surface area contributed by atoms with E-state index < -0.39 is 0 Å². The third kappa shape index (κ3) is 2.39. The minimum atomic E-state index is 0.169. The molecule has 1 saturated heterocycles. The van der Waals surface area contributed by atoms with Crippen LogP contribution in [-0.2, 0) is 11.8 Å². The molecule has 1 aliphatic carbocycles. The van der Waals surface area contributed by atoms with Crippen LogP contribution in [0.5, 0.6) is 0 Å². The molecule has 2 aromatic heterocycles. The molecule has 0 amide bonds. The number of aryl methyl sites for hydroxylation is 3. The zero-order valence-electron chi connectivity index (χ0n) is 15.5. The van der Waals surface area contributed by atoms with E-state index in [2.05, 4.69) is 47.1 Å². The number of nitrogens with zero attached hydrogens (tertiary/aromatic N) is 4. The molecule has 5 rings (SSSR count). The van der Waals surface area contributed by atoms with Crippen molar-refractivity contribution in [3.8, 4) is 0 Å². The molecule has 2 aliphatic rings. The predicted molar refractivity (Wildman–Crippen MR) is 105 cm³/mol. The van der Waals surface area contributed by atoms with E-state index in [1.54, 1.807) is 0 Å². The van der Waals surface area contributed by atoms with E-state index in [0.717, 1.165) is 36.7 Å². The fraction of sp³-hybridized carbons (Fsp3) is 0.409. The maximum Gasteiger partial charge on any atom is 0.129 e. The summed E-state index contributed by atoms with van der Waals surface area (Å²) in [6.07, 6.45) is 6.75. The molecule has 4 nitrogen and oxygen atoms in total. The highest BCUT2D eigenvalue weighted by Crippen LogP contribution is 2.44. The summed E-state index contributed by atoms with van der Waals surface area (Å²) in [5, 5.41) is 1.25. The number of aromatic nitrogens is 3. The molecule has 132 valence electrons. The molecule has 1 fully saturated rings. The summed E-state index contributed by atoms with van der Waals surface area (Å²) in [5.41, 5.74) is 5.21. The highest BCUT2D eigenvalue weighted by molar-refractivity contribution is 5.83. The van der Waals surface area contributed by atoms with Gasteiger partial charge in [-0.25, -0.2) is 15.0 Å². The van der Waals surface area contributed by atoms with Gasteiger partial charge in [0.15, 0.2) is 0 Å². The van der Waals surface area contributed by atoms with Gasteiger partial charge in [0.05, 0.1) is 11.2 Å². The summed E-state index contributed by atoms with van der Waals surface area (Å²) in [4.78, 5) is 16.7. The molecule has 0 saturated carbocycles. The second kappa shape index (κ2) is 5.76. The number of hydrogen-bond donors (Lipinski definition) is 0. The van der Waals surface area contributed by atoms with Gasteiger partial charge in [0.25, 0.3) is 0 Å². The van der Waals surface area contributed by atoms with E-state index in [-0.39, 0.29) is 5.41 Å². The largest absolute Gasteiger partial charge is 0.356 e. The van der Waals surface area contributed by atoms with Gasteiger partial charge in [-0.1, -0.05) is 18.2 Å². The second-order valence-corrected chi connectivity index (χ2v) is 7.91. The van der Waals surface area contributed by atoms with Gasteiger partial charge in [0.1, 0.15) is 11.6 Å². The lowest BCUT2D eigenvalue weighted by atomic mass is 9.77. The lowest BCUT2D eigenvalue weighted by molar-refractivity contribution is 0.333. The first-order chi connectivity index (χ1) is 12.6. The zero-order valence-corrected chi connectivity index (χ0v) is 15.5. The lowest BCUT2D eigenvalue weighted by Gasteiger charge is -2.41. The fourth-order valence-corrected chi connectivity index (χ4v) is 4.85. The van der Waals surface area contributed by atoms with Crippen LogP contribution < -0.4 is 4.90 Å². The average molecular weight is 344 g/mol. The van der Waals surface area contributed by atoms with E-state index in [4.69, 9.17) is 9.97 Å². The number of rotatable bonds is 1. The Kier molecular flexibility index (Phi) is 3.49. The first-order valence-electron chi connectivity index (χ1n) is 9.59. The molecule has 1 unspecified atom stereocenters. The molecule has 0 bridgehead atoms. The van der Waals surface area contributed by atoms with E-state index in [1.807, 2.05) is 13.1 Å². The van der Waals surface area contributed by atoms with E-state index in [0.29, 0.717) is 0 Å². The van der Waals surface area contributed by atoms with Gasteiger partial charge < -0.3 is 4.90 Å². The van der Waals surface area contributed by atoms with Crippen LogP contribution in [0.25, 0.3) is 10.9 Å². The van der Waals surface area contributed by atoms with E-state index in [9.17, 15) is 0 Å². The van der Waals surface area contributed by atoms with Crippen molar-refractivity contribution in [1.29, 1.82) is 0 Å². The first-order valence-corrected chi connectivity index (χ1v) is 9.59. The number of piperidine rings is 1. The summed E-state index contributed by atoms with van der Waals surface area (Å²) in [6, 6.07) is 10.7. The van der Waals surface area contributed by atoms with Gasteiger partial charge in [0.2, 0.25) is 0 Å². The molecule has 1 aliphatic heterocycles. The molecule has 3 heterocycles. The SMILES string of the molecule is Cc1ncc2c(n1)C1(CCCN(c3cc(C)c4ccccc4n3)C1)CC2. The lowest BCUT2D eigenvalue weighted by Crippen LogP contribution is -2.46. The number of benzene rings is 1. The molecular weight excluding hydrogens is 320 g/mol. The predicted octanol–water partition coefficient (Wildman–Crippen LogP) is 4.13. The summed E-state index contributed by atoms with van der Waals surface area (Å²) in [6.45, 7) is 6.28. The molecule has 26 heavy (non-hydrogen) atoms. The molecule has 1 spiro atoms. The number of pyridine rings is 1. The van der Waals surface area contributed by atoms with Crippen molar-refractivity contribution in [3.05, 3.63) is 59.2 Å². The van der Waals surface area contributed by atoms with E-state index in [1.165, 1.54) is 41.5 Å². The minimum absolute atomic E-state index is 0.169. The quantitative estimate of drug-likeness (QED) is 0.666. The normalized spacial score (nSPS) is 22.2. The Hall–Kier alpha value is -2.49. The Morgan fingerprint density at radius 2 is 1.96 bits per heavy atom. The first kappa shape index (κ1) is 15.7. The van der Waals surface area contributed by atoms with Gasteiger partial charge in [0, 0.05) is 30.1 Å². The van der Waals surface area contributed by atoms with Crippen LogP contribution in [0.3, 0.4) is 0 Å². The Morgan fingerprint density at radius 3 is 2.88 bits per heavy atom. The summed E-state index contributed by atoms with van der Waals surface area (Å²) < 4.78 is 0. The van der Waals surface area contributed by atoms with Crippen molar-refractivity contribution in [2.24, 2.45) is 0 Å². The topological polar surface area (TPSA) is 41.9 Å². The van der Waals surface area contributed by atoms with Crippen molar-refractivity contribution in [1.82, 2.24) is 15.0 Å². The van der Waals surface area contributed by atoms with Gasteiger partial charge in [-0.05, 0) is 62.8 Å². The molecule has 1 aromatic carbocycles. The van der Waals surface area contributed by atoms with Crippen molar-refractivity contribution < 1.29 is 0 Å². The standard InChI is InChI=1S/C22H24N4/c1-15-12-20(25-19-7-4-3-6-18(15)19)26-11-5-9-22(14-26)10-8-17-13-23-16(2)24-21(17)22/h3-4,6-7,12-13H,5,8-11,14H2,1-2H3. The number of hydrogen-bond acceptors (Lipinski definition) is 4. The van der Waals surface area contributed by atoms with Crippen LogP contribution in [0.1, 0.15) is 41.9 Å². The van der Waals surface area contributed by atoms with Gasteiger partial charge in [-0.3, -0.25) is 0 Å². The molecule has 0 radical (unpaired) electrons. The number of para-hydroxylation sites is 1. The van der Waals surface area contributed by atoms with Crippen LogP contribution in [0, 0.1) is 13.8 Å². The van der Waals surface area contributed by atoms with Crippen LogP contribution in [0.2, 0.25) is 0 Å². The Balaban J connectivity index is 1.54. The third-order valence-corrected chi connectivity index (χ3v) is 6.17. The van der Waals surface area contributed by atoms with Crippen molar-refractivity contribution in [2.75, 3.05) is 18.0 Å². The van der Waals surface area contributed by atoms with Crippen LogP contribution in [0.4, 0.5) is 5.82 Å². The molecule has 4 heteroatoms. The number of fused-ring (bicyclic) bond motifs is 3. The van der Waals surface area contributed by atoms with Crippen LogP contribution in [0.15, 0.2) is 36.5 Å². The molecule has 1 atom stereocenters. The summed E-state index contributed by atoms with van der Waals surface area (Å²) in [7, 11) is 0. The second-order valence-electron chi connectivity index (χ2n) is 7.91. The summed E-state index contributed by atoms with van der Waals surface area (Å²) in [5.74, 6) is 2.00. The van der Waals surface area contributed by atoms with Crippen LogP contribution >= 0.6 is 0 Å². The van der Waals surface area contributed by atoms with Crippen LogP contribution in [-0.4, -0.2) is 28.0 Å². The number of anilines is 1. The Bertz CT molecular complexity index is 993. The highest BCUT2D eigenvalue weighted by atomic mass is 15.2. The molecule has 0 N–H and O–H groups in total. The fourth-order valence-electron chi connectivity index (χ4n) is 4.85. The average Bonchev–Trinajstić information content (AvgIpc) is 2.99. The van der Waals surface area contributed by atoms with Crippen molar-refractivity contribution in [3.63, 3.8) is 0 Å². The van der Waals surface area contributed by atoms with Crippen molar-refractivity contribution in [2.45, 2.75) is 44.9 Å². The maximum atomic E-state index is 4.98. The Labute approximate surface area is 154 Å². The minimum Gasteiger partial charge on any atom is -0.356 e. The van der Waals surface area contributed by atoms with Crippen molar-refractivity contribution >= 4 is 16.7 Å². The Morgan fingerprint density at radius 1 is 1.08 bits per heavy atom. The summed E-state index contributed by atoms with van der Waals surface area (Å²) >= 11 is 0. The third-order valence-electron chi connectivity index (χ3n) is 6.17. The van der Waals surface area contributed by atoms with Gasteiger partial charge in [-0.15, -0.1) is 0 Å².